The molecule has 0 heterocycles. The van der Waals surface area contributed by atoms with Gasteiger partial charge in [0.2, 0.25) is 0 Å². The minimum atomic E-state index is -8.41. The summed E-state index contributed by atoms with van der Waals surface area (Å²) in [6, 6.07) is 0. The van der Waals surface area contributed by atoms with Gasteiger partial charge in [0.1, 0.15) is 6.61 Å². The predicted molar refractivity (Wildman–Crippen MR) is 222 cm³/mol. The Morgan fingerprint density at radius 1 is 0.612 bits per heavy atom. The van der Waals surface area contributed by atoms with Crippen molar-refractivity contribution in [3.05, 3.63) is 11.6 Å². The van der Waals surface area contributed by atoms with E-state index in [1.54, 1.807) is 5.57 Å². The van der Waals surface area contributed by atoms with Gasteiger partial charge in [-0.3, -0.25) is 0 Å². The highest BCUT2D eigenvalue weighted by molar-refractivity contribution is 5.25. The smallest absolute Gasteiger partial charge is 0.381 e. The molecule has 0 aromatic rings. The maximum atomic E-state index is 14.1. The van der Waals surface area contributed by atoms with Crippen LogP contribution in [0.1, 0.15) is 151 Å². The predicted octanol–water partition coefficient (Wildman–Crippen LogP) is 16.1. The molecular formula is C48H72F16O3. The molecule has 0 aromatic carbocycles. The molecule has 0 radical (unpaired) electrons. The zero-order valence-corrected chi connectivity index (χ0v) is 39.6. The van der Waals surface area contributed by atoms with Gasteiger partial charge in [-0.05, 0) is 111 Å². The Hall–Kier alpha value is -1.50. The van der Waals surface area contributed by atoms with Crippen LogP contribution in [0.3, 0.4) is 0 Å². The van der Waals surface area contributed by atoms with E-state index >= 15 is 0 Å². The van der Waals surface area contributed by atoms with Crippen LogP contribution in [-0.4, -0.2) is 87.0 Å². The number of allylic oxidation sites excluding steroid dienone is 1. The lowest BCUT2D eigenvalue weighted by molar-refractivity contribution is -0.448. The van der Waals surface area contributed by atoms with Gasteiger partial charge in [0.25, 0.3) is 0 Å². The second-order valence-corrected chi connectivity index (χ2v) is 21.3. The number of alkyl halides is 16. The van der Waals surface area contributed by atoms with Gasteiger partial charge in [-0.25, -0.2) is 8.78 Å². The van der Waals surface area contributed by atoms with E-state index in [0.29, 0.717) is 18.4 Å². The van der Waals surface area contributed by atoms with Crippen LogP contribution in [-0.2, 0) is 14.2 Å². The molecule has 0 saturated heterocycles. The first kappa shape index (κ1) is 58.1. The normalized spacial score (nSPS) is 28.9. The number of hydrogen-bond acceptors (Lipinski definition) is 3. The van der Waals surface area contributed by atoms with E-state index in [0.717, 1.165) is 80.5 Å². The SMILES string of the molecule is CC(C)CCC[C@@H](C)[C@H]1CC[C@H]2[C@@H]3CC=C4C[C@@H](OCCCCCCCCOCC(C)COCC(F)(F)C(F)(F)C(F)(F)C(F)(F)C(F)(F)C(F)(F)C(F)(F)C(F)F)CC[C@]4(C)[C@H]3CC[C@]12C. The molecule has 4 aliphatic carbocycles. The van der Waals surface area contributed by atoms with Crippen LogP contribution in [0, 0.1) is 52.3 Å². The van der Waals surface area contributed by atoms with Crippen LogP contribution in [0.5, 0.6) is 0 Å². The fourth-order valence-electron chi connectivity index (χ4n) is 12.0. The van der Waals surface area contributed by atoms with Crippen LogP contribution in [0.4, 0.5) is 70.2 Å². The van der Waals surface area contributed by atoms with Crippen molar-refractivity contribution in [1.82, 2.24) is 0 Å². The van der Waals surface area contributed by atoms with E-state index in [9.17, 15) is 70.2 Å². The molecule has 0 aromatic heterocycles. The lowest BCUT2D eigenvalue weighted by Gasteiger charge is -2.58. The third-order valence-electron chi connectivity index (χ3n) is 16.1. The summed E-state index contributed by atoms with van der Waals surface area (Å²) in [5.41, 5.74) is 2.32. The molecule has 0 bridgehead atoms. The average molecular weight is 1000 g/mol. The number of ether oxygens (including phenoxy) is 3. The molecule has 3 nitrogen and oxygen atoms in total. The Morgan fingerprint density at radius 3 is 1.79 bits per heavy atom. The van der Waals surface area contributed by atoms with Gasteiger partial charge in [-0.1, -0.05) is 98.1 Å². The van der Waals surface area contributed by atoms with Crippen molar-refractivity contribution < 1.29 is 84.5 Å². The third-order valence-corrected chi connectivity index (χ3v) is 16.1. The molecule has 0 aliphatic heterocycles. The highest BCUT2D eigenvalue weighted by Crippen LogP contribution is 2.68. The molecule has 394 valence electrons. The molecule has 3 fully saturated rings. The number of unbranched alkanes of at least 4 members (excludes halogenated alkanes) is 5. The molecule has 4 rings (SSSR count). The van der Waals surface area contributed by atoms with Crippen molar-refractivity contribution in [2.75, 3.05) is 33.0 Å². The van der Waals surface area contributed by atoms with E-state index in [2.05, 4.69) is 45.4 Å². The maximum Gasteiger partial charge on any atom is 0.384 e. The van der Waals surface area contributed by atoms with Crippen molar-refractivity contribution in [3.8, 4) is 0 Å². The number of fused-ring (bicyclic) bond motifs is 5. The van der Waals surface area contributed by atoms with Crippen molar-refractivity contribution in [2.45, 2.75) is 205 Å². The van der Waals surface area contributed by atoms with Crippen LogP contribution < -0.4 is 0 Å². The quantitative estimate of drug-likeness (QED) is 0.0444. The van der Waals surface area contributed by atoms with Crippen LogP contribution >= 0.6 is 0 Å². The average Bonchev–Trinajstić information content (AvgIpc) is 3.59. The maximum absolute atomic E-state index is 14.1. The van der Waals surface area contributed by atoms with E-state index in [1.807, 2.05) is 0 Å². The first-order valence-corrected chi connectivity index (χ1v) is 24.2. The largest absolute Gasteiger partial charge is 0.384 e. The number of halogens is 16. The fraction of sp³-hybridized carbons (Fsp3) is 0.958. The summed E-state index contributed by atoms with van der Waals surface area (Å²) in [4.78, 5) is 0. The molecule has 67 heavy (non-hydrogen) atoms. The molecule has 1 unspecified atom stereocenters. The molecular weight excluding hydrogens is 928 g/mol. The van der Waals surface area contributed by atoms with Crippen molar-refractivity contribution >= 4 is 0 Å². The van der Waals surface area contributed by atoms with Gasteiger partial charge >= 0.3 is 47.9 Å². The fourth-order valence-corrected chi connectivity index (χ4v) is 12.0. The Labute approximate surface area is 385 Å². The van der Waals surface area contributed by atoms with E-state index in [4.69, 9.17) is 9.47 Å². The minimum absolute atomic E-state index is 0.183. The van der Waals surface area contributed by atoms with E-state index < -0.39 is 67.0 Å². The molecule has 0 N–H and O–H groups in total. The first-order valence-electron chi connectivity index (χ1n) is 24.2. The van der Waals surface area contributed by atoms with Crippen LogP contribution in [0.15, 0.2) is 11.6 Å². The van der Waals surface area contributed by atoms with Gasteiger partial charge in [0.05, 0.1) is 19.3 Å². The second kappa shape index (κ2) is 22.1. The Morgan fingerprint density at radius 2 is 1.18 bits per heavy atom. The lowest BCUT2D eigenvalue weighted by atomic mass is 9.47. The molecule has 19 heteroatoms. The van der Waals surface area contributed by atoms with Crippen molar-refractivity contribution in [3.63, 3.8) is 0 Å². The third kappa shape index (κ3) is 11.6. The summed E-state index contributed by atoms with van der Waals surface area (Å²) in [7, 11) is 0. The molecule has 0 amide bonds. The van der Waals surface area contributed by atoms with Crippen LogP contribution in [0.25, 0.3) is 0 Å². The molecule has 9 atom stereocenters. The summed E-state index contributed by atoms with van der Waals surface area (Å²) in [5.74, 6) is -50.8. The topological polar surface area (TPSA) is 27.7 Å². The van der Waals surface area contributed by atoms with E-state index in [1.165, 1.54) is 64.7 Å². The van der Waals surface area contributed by atoms with Crippen LogP contribution in [0.2, 0.25) is 0 Å². The standard InChI is InChI=1S/C48H72F16O3/c1-30(2)14-13-15-32(4)36-18-19-37-35-17-16-33-26-34(20-22-40(33,5)38(35)21-23-41(36,37)6)67-25-12-10-8-7-9-11-24-65-27-31(3)28-66-29-42(51,52)44(55,56)46(59,60)48(63,64)47(61,62)45(57,58)43(53,54)39(49)50/h16,30-32,34-39H,7-15,17-29H2,1-6H3/t31?,32-,34+,35+,36-,37+,38+,40+,41-/m1/s1. The monoisotopic (exact) mass is 1000 g/mol. The zero-order valence-electron chi connectivity index (χ0n) is 39.6. The summed E-state index contributed by atoms with van der Waals surface area (Å²) < 4.78 is 233. The summed E-state index contributed by atoms with van der Waals surface area (Å²) >= 11 is 0. The lowest BCUT2D eigenvalue weighted by Crippen LogP contribution is -2.74. The zero-order chi connectivity index (χ0) is 50.7. The Kier molecular flexibility index (Phi) is 19.1. The second-order valence-electron chi connectivity index (χ2n) is 21.3. The number of rotatable bonds is 28. The van der Waals surface area contributed by atoms with Gasteiger partial charge in [0, 0.05) is 19.1 Å². The van der Waals surface area contributed by atoms with Crippen molar-refractivity contribution in [1.29, 1.82) is 0 Å². The van der Waals surface area contributed by atoms with Gasteiger partial charge in [-0.2, -0.15) is 61.5 Å². The highest BCUT2D eigenvalue weighted by Gasteiger charge is 2.93. The van der Waals surface area contributed by atoms with Gasteiger partial charge in [0.15, 0.2) is 0 Å². The molecule has 3 saturated carbocycles. The minimum Gasteiger partial charge on any atom is -0.381 e. The molecule has 4 aliphatic rings. The highest BCUT2D eigenvalue weighted by atomic mass is 19.4. The number of hydrogen-bond donors (Lipinski definition) is 0. The Bertz CT molecular complexity index is 1590. The van der Waals surface area contributed by atoms with Gasteiger partial charge in [-0.15, -0.1) is 0 Å². The van der Waals surface area contributed by atoms with Crippen molar-refractivity contribution in [2.24, 2.45) is 52.3 Å². The molecule has 0 spiro atoms. The Balaban J connectivity index is 1.08. The summed E-state index contributed by atoms with van der Waals surface area (Å²) in [6.45, 7) is 10.4. The summed E-state index contributed by atoms with van der Waals surface area (Å²) in [6.07, 6.45) is 15.9. The van der Waals surface area contributed by atoms with E-state index in [-0.39, 0.29) is 24.7 Å². The van der Waals surface area contributed by atoms with Gasteiger partial charge < -0.3 is 14.2 Å². The first-order chi connectivity index (χ1) is 30.8. The summed E-state index contributed by atoms with van der Waals surface area (Å²) in [5, 5.41) is 0.